The summed E-state index contributed by atoms with van der Waals surface area (Å²) in [4.78, 5) is 19.6. The highest BCUT2D eigenvalue weighted by atomic mass is 32.2. The normalized spacial score (nSPS) is 22.8. The molecule has 2 aliphatic heterocycles. The molecule has 174 valence electrons. The van der Waals surface area contributed by atoms with Gasteiger partial charge in [-0.2, -0.15) is 0 Å². The zero-order chi connectivity index (χ0) is 23.6. The van der Waals surface area contributed by atoms with Gasteiger partial charge < -0.3 is 15.4 Å². The number of hydrogen-bond donors (Lipinski definition) is 1. The number of piperidine rings is 1. The lowest BCUT2D eigenvalue weighted by Crippen LogP contribution is -2.45. The van der Waals surface area contributed by atoms with Gasteiger partial charge in [-0.1, -0.05) is 6.58 Å². The summed E-state index contributed by atoms with van der Waals surface area (Å²) in [6, 6.07) is 10.1. The molecule has 3 heterocycles. The van der Waals surface area contributed by atoms with Crippen LogP contribution in [0.5, 0.6) is 5.75 Å². The molecule has 2 bridgehead atoms. The Morgan fingerprint density at radius 1 is 1.18 bits per heavy atom. The van der Waals surface area contributed by atoms with Crippen molar-refractivity contribution in [3.8, 4) is 11.4 Å². The number of aliphatic imine (C=N–C) groups is 1. The van der Waals surface area contributed by atoms with Crippen molar-refractivity contribution in [1.82, 2.24) is 9.47 Å². The quantitative estimate of drug-likeness (QED) is 0.626. The van der Waals surface area contributed by atoms with Gasteiger partial charge in [0.15, 0.2) is 9.84 Å². The molecule has 2 aliphatic rings. The highest BCUT2D eigenvalue weighted by molar-refractivity contribution is 7.90. The van der Waals surface area contributed by atoms with Crippen LogP contribution in [-0.4, -0.2) is 48.5 Å². The molecule has 33 heavy (non-hydrogen) atoms. The molecule has 4 rings (SSSR count). The molecule has 2 saturated heterocycles. The van der Waals surface area contributed by atoms with E-state index in [1.807, 2.05) is 0 Å². The molecular weight excluding hydrogens is 440 g/mol. The third kappa shape index (κ3) is 5.03. The van der Waals surface area contributed by atoms with E-state index in [-0.39, 0.29) is 16.6 Å². The third-order valence-electron chi connectivity index (χ3n) is 6.15. The molecule has 0 amide bonds. The Morgan fingerprint density at radius 2 is 1.85 bits per heavy atom. The SMILES string of the molecule is C=C(/N=C\C=C/N)N1[C@@H]2CC[C@@H]1CC(Oc1ccn(-c3ccc(S(C)(=O)=O)cc3)c(=O)c1)C2. The van der Waals surface area contributed by atoms with Crippen LogP contribution in [0.3, 0.4) is 0 Å². The molecule has 1 aromatic carbocycles. The first-order chi connectivity index (χ1) is 15.8. The van der Waals surface area contributed by atoms with Crippen LogP contribution in [-0.2, 0) is 9.84 Å². The molecule has 2 atom stereocenters. The van der Waals surface area contributed by atoms with Crippen LogP contribution >= 0.6 is 0 Å². The average molecular weight is 469 g/mol. The van der Waals surface area contributed by atoms with Crippen molar-refractivity contribution in [2.45, 2.75) is 48.8 Å². The lowest BCUT2D eigenvalue weighted by atomic mass is 10.00. The van der Waals surface area contributed by atoms with Gasteiger partial charge in [0.1, 0.15) is 17.7 Å². The number of fused-ring (bicyclic) bond motifs is 2. The summed E-state index contributed by atoms with van der Waals surface area (Å²) in [5.41, 5.74) is 5.70. The van der Waals surface area contributed by atoms with Crippen LogP contribution in [0.4, 0.5) is 0 Å². The first kappa shape index (κ1) is 22.8. The highest BCUT2D eigenvalue weighted by Crippen LogP contribution is 2.39. The van der Waals surface area contributed by atoms with Crippen molar-refractivity contribution >= 4 is 16.1 Å². The topological polar surface area (TPSA) is 107 Å². The average Bonchev–Trinajstić information content (AvgIpc) is 3.04. The van der Waals surface area contributed by atoms with Gasteiger partial charge in [0.2, 0.25) is 0 Å². The van der Waals surface area contributed by atoms with E-state index in [1.165, 1.54) is 29.0 Å². The van der Waals surface area contributed by atoms with Crippen molar-refractivity contribution < 1.29 is 13.2 Å². The number of nitrogens with two attached hydrogens (primary N) is 1. The molecule has 1 aromatic heterocycles. The Bertz CT molecular complexity index is 1230. The monoisotopic (exact) mass is 468 g/mol. The zero-order valence-electron chi connectivity index (χ0n) is 18.5. The highest BCUT2D eigenvalue weighted by Gasteiger charge is 2.42. The number of rotatable bonds is 7. The molecule has 0 aliphatic carbocycles. The molecule has 0 saturated carbocycles. The summed E-state index contributed by atoms with van der Waals surface area (Å²) < 4.78 is 30.9. The number of sulfone groups is 1. The fourth-order valence-corrected chi connectivity index (χ4v) is 5.31. The van der Waals surface area contributed by atoms with Crippen molar-refractivity contribution in [3.63, 3.8) is 0 Å². The summed E-state index contributed by atoms with van der Waals surface area (Å²) in [7, 11) is -3.29. The van der Waals surface area contributed by atoms with Gasteiger partial charge >= 0.3 is 0 Å². The van der Waals surface area contributed by atoms with Gasteiger partial charge in [0.05, 0.1) is 4.90 Å². The van der Waals surface area contributed by atoms with Gasteiger partial charge in [-0.15, -0.1) is 0 Å². The van der Waals surface area contributed by atoms with Gasteiger partial charge in [-0.05, 0) is 55.4 Å². The van der Waals surface area contributed by atoms with E-state index in [1.54, 1.807) is 36.7 Å². The number of ether oxygens (including phenoxy) is 1. The molecule has 0 spiro atoms. The van der Waals surface area contributed by atoms with Crippen LogP contribution in [0.15, 0.2) is 82.0 Å². The van der Waals surface area contributed by atoms with E-state index in [2.05, 4.69) is 16.5 Å². The van der Waals surface area contributed by atoms with Gasteiger partial charge in [-0.25, -0.2) is 13.4 Å². The lowest BCUT2D eigenvalue weighted by Gasteiger charge is -2.40. The van der Waals surface area contributed by atoms with Crippen LogP contribution < -0.4 is 16.0 Å². The van der Waals surface area contributed by atoms with Crippen LogP contribution in [0.2, 0.25) is 0 Å². The Morgan fingerprint density at radius 3 is 2.42 bits per heavy atom. The molecule has 2 N–H and O–H groups in total. The second-order valence-corrected chi connectivity index (χ2v) is 10.4. The summed E-state index contributed by atoms with van der Waals surface area (Å²) in [6.45, 7) is 4.10. The first-order valence-electron chi connectivity index (χ1n) is 10.8. The minimum Gasteiger partial charge on any atom is -0.490 e. The van der Waals surface area contributed by atoms with Crippen LogP contribution in [0.25, 0.3) is 5.69 Å². The molecule has 2 fully saturated rings. The molecular formula is C24H28N4O4S. The Labute approximate surface area is 193 Å². The number of aromatic nitrogens is 1. The maximum absolute atomic E-state index is 12.7. The summed E-state index contributed by atoms with van der Waals surface area (Å²) in [5.74, 6) is 1.27. The zero-order valence-corrected chi connectivity index (χ0v) is 19.3. The van der Waals surface area contributed by atoms with E-state index in [0.29, 0.717) is 23.5 Å². The van der Waals surface area contributed by atoms with Gasteiger partial charge in [0, 0.05) is 55.3 Å². The van der Waals surface area contributed by atoms with E-state index < -0.39 is 9.84 Å². The number of nitrogens with zero attached hydrogens (tertiary/aromatic N) is 3. The maximum Gasteiger partial charge on any atom is 0.258 e. The molecule has 8 nitrogen and oxygen atoms in total. The minimum absolute atomic E-state index is 0.0174. The number of allylic oxidation sites excluding steroid dienone is 1. The number of benzene rings is 1. The lowest BCUT2D eigenvalue weighted by molar-refractivity contribution is 0.0702. The third-order valence-corrected chi connectivity index (χ3v) is 7.27. The van der Waals surface area contributed by atoms with E-state index >= 15 is 0 Å². The van der Waals surface area contributed by atoms with Crippen molar-refractivity contribution in [1.29, 1.82) is 0 Å². The van der Waals surface area contributed by atoms with E-state index in [9.17, 15) is 13.2 Å². The number of hydrogen-bond acceptors (Lipinski definition) is 7. The predicted octanol–water partition coefficient (Wildman–Crippen LogP) is 2.63. The maximum atomic E-state index is 12.7. The van der Waals surface area contributed by atoms with Crippen molar-refractivity contribution in [2.75, 3.05) is 6.26 Å². The number of pyridine rings is 1. The minimum atomic E-state index is -3.29. The first-order valence-corrected chi connectivity index (χ1v) is 12.7. The largest absolute Gasteiger partial charge is 0.490 e. The summed E-state index contributed by atoms with van der Waals surface area (Å²) in [6.07, 6.45) is 11.4. The molecule has 2 aromatic rings. The van der Waals surface area contributed by atoms with Gasteiger partial charge in [0.25, 0.3) is 5.56 Å². The van der Waals surface area contributed by atoms with Crippen molar-refractivity contribution in [2.24, 2.45) is 10.7 Å². The summed E-state index contributed by atoms with van der Waals surface area (Å²) >= 11 is 0. The second-order valence-electron chi connectivity index (χ2n) is 8.42. The molecule has 9 heteroatoms. The Hall–Kier alpha value is -3.33. The Kier molecular flexibility index (Phi) is 6.42. The fourth-order valence-electron chi connectivity index (χ4n) is 4.68. The van der Waals surface area contributed by atoms with Gasteiger partial charge in [-0.3, -0.25) is 9.36 Å². The fraction of sp³-hybridized carbons (Fsp3) is 0.333. The van der Waals surface area contributed by atoms with Crippen LogP contribution in [0.1, 0.15) is 25.7 Å². The second kappa shape index (κ2) is 9.27. The van der Waals surface area contributed by atoms with E-state index in [4.69, 9.17) is 10.5 Å². The predicted molar refractivity (Wildman–Crippen MR) is 128 cm³/mol. The molecule has 0 radical (unpaired) electrons. The Balaban J connectivity index is 1.43. The summed E-state index contributed by atoms with van der Waals surface area (Å²) in [5, 5.41) is 0. The standard InChI is InChI=1S/C24H28N4O4S/c1-17(26-12-3-11-25)28-19-4-5-20(28)15-22(14-19)32-21-10-13-27(24(29)16-21)18-6-8-23(9-7-18)33(2,30)31/h3,6-13,16,19-20,22H,1,4-5,14-15,25H2,2H3/b11-3-,26-12-/t19-,20-/m1/s1. The van der Waals surface area contributed by atoms with Crippen LogP contribution in [0, 0.1) is 0 Å². The van der Waals surface area contributed by atoms with E-state index in [0.717, 1.165) is 37.8 Å². The molecule has 0 unspecified atom stereocenters. The van der Waals surface area contributed by atoms with Crippen molar-refractivity contribution in [3.05, 3.63) is 77.6 Å². The smallest absolute Gasteiger partial charge is 0.258 e.